The van der Waals surface area contributed by atoms with E-state index in [1.54, 1.807) is 4.68 Å². The molecule has 0 radical (unpaired) electrons. The highest BCUT2D eigenvalue weighted by molar-refractivity contribution is 9.10. The fraction of sp³-hybridized carbons (Fsp3) is 0.333. The predicted octanol–water partition coefficient (Wildman–Crippen LogP) is 2.85. The van der Waals surface area contributed by atoms with Crippen molar-refractivity contribution in [1.29, 1.82) is 5.26 Å². The summed E-state index contributed by atoms with van der Waals surface area (Å²) in [5, 5.41) is 23.9. The van der Waals surface area contributed by atoms with E-state index < -0.39 is 6.10 Å². The second kappa shape index (κ2) is 5.51. The molecule has 3 N–H and O–H groups in total. The molecule has 1 fully saturated rings. The summed E-state index contributed by atoms with van der Waals surface area (Å²) < 4.78 is 2.58. The molecule has 0 amide bonds. The number of nitrogens with zero attached hydrogens (tertiary/aromatic N) is 3. The fourth-order valence-electron chi connectivity index (χ4n) is 2.83. The van der Waals surface area contributed by atoms with Gasteiger partial charge in [-0.05, 0) is 31.4 Å². The van der Waals surface area contributed by atoms with E-state index >= 15 is 0 Å². The van der Waals surface area contributed by atoms with Gasteiger partial charge in [-0.15, -0.1) is 0 Å². The highest BCUT2D eigenvalue weighted by Gasteiger charge is 2.31. The number of hydrogen-bond acceptors (Lipinski definition) is 4. The lowest BCUT2D eigenvalue weighted by molar-refractivity contribution is 0.131. The molecule has 21 heavy (non-hydrogen) atoms. The summed E-state index contributed by atoms with van der Waals surface area (Å²) in [7, 11) is 0. The van der Waals surface area contributed by atoms with E-state index in [9.17, 15) is 10.4 Å². The average molecular weight is 347 g/mol. The Balaban J connectivity index is 2.09. The fourth-order valence-corrected chi connectivity index (χ4v) is 3.09. The molecule has 2 aromatic rings. The molecule has 1 aromatic heterocycles. The molecule has 0 saturated heterocycles. The van der Waals surface area contributed by atoms with Crippen LogP contribution >= 0.6 is 15.9 Å². The van der Waals surface area contributed by atoms with Gasteiger partial charge in [-0.1, -0.05) is 28.1 Å². The van der Waals surface area contributed by atoms with Gasteiger partial charge in [0.25, 0.3) is 0 Å². The number of hydrogen-bond donors (Lipinski definition) is 2. The Kier molecular flexibility index (Phi) is 3.70. The Bertz CT molecular complexity index is 702. The maximum atomic E-state index is 10.0. The summed E-state index contributed by atoms with van der Waals surface area (Å²) in [5.74, 6) is 0.335. The summed E-state index contributed by atoms with van der Waals surface area (Å²) in [6.45, 7) is 0. The molecule has 6 heteroatoms. The van der Waals surface area contributed by atoms with Crippen LogP contribution in [0.4, 0.5) is 5.82 Å². The van der Waals surface area contributed by atoms with Crippen molar-refractivity contribution in [3.05, 3.63) is 34.3 Å². The van der Waals surface area contributed by atoms with Crippen molar-refractivity contribution in [1.82, 2.24) is 9.78 Å². The number of nitrogens with two attached hydrogens (primary N) is 1. The zero-order valence-corrected chi connectivity index (χ0v) is 12.9. The van der Waals surface area contributed by atoms with E-state index in [4.69, 9.17) is 5.73 Å². The summed E-state index contributed by atoms with van der Waals surface area (Å²) >= 11 is 3.39. The van der Waals surface area contributed by atoms with Gasteiger partial charge in [0.2, 0.25) is 0 Å². The molecule has 1 aromatic carbocycles. The Morgan fingerprint density at radius 2 is 2.05 bits per heavy atom. The third kappa shape index (κ3) is 2.43. The van der Waals surface area contributed by atoms with Crippen LogP contribution in [-0.2, 0) is 0 Å². The van der Waals surface area contributed by atoms with Crippen LogP contribution in [0.2, 0.25) is 0 Å². The lowest BCUT2D eigenvalue weighted by Crippen LogP contribution is -2.21. The van der Waals surface area contributed by atoms with Gasteiger partial charge < -0.3 is 10.8 Å². The average Bonchev–Trinajstić information content (AvgIpc) is 3.03. The van der Waals surface area contributed by atoms with Crippen LogP contribution in [0, 0.1) is 11.3 Å². The first-order chi connectivity index (χ1) is 10.1. The summed E-state index contributed by atoms with van der Waals surface area (Å²) in [6.07, 6.45) is 2.08. The predicted molar refractivity (Wildman–Crippen MR) is 83.4 cm³/mol. The first-order valence-electron chi connectivity index (χ1n) is 6.84. The standard InChI is InChI=1S/C15H15BrN4O/c16-10-6-4-9(5-7-10)14-11(8-17)15(18)20(19-14)12-2-1-3-13(12)21/h4-7,12-13,21H,1-3,18H2/t12-,13-/m1/s1. The number of aromatic nitrogens is 2. The lowest BCUT2D eigenvalue weighted by atomic mass is 10.1. The quantitative estimate of drug-likeness (QED) is 0.874. The van der Waals surface area contributed by atoms with Crippen molar-refractivity contribution in [3.63, 3.8) is 0 Å². The van der Waals surface area contributed by atoms with Crippen LogP contribution in [-0.4, -0.2) is 21.0 Å². The first kappa shape index (κ1) is 14.1. The second-order valence-electron chi connectivity index (χ2n) is 5.24. The van der Waals surface area contributed by atoms with Gasteiger partial charge in [-0.25, -0.2) is 4.68 Å². The molecular formula is C15H15BrN4O. The summed E-state index contributed by atoms with van der Waals surface area (Å²) in [5.41, 5.74) is 7.86. The highest BCUT2D eigenvalue weighted by Crippen LogP contribution is 2.35. The minimum atomic E-state index is -0.448. The van der Waals surface area contributed by atoms with E-state index in [0.29, 0.717) is 17.1 Å². The number of rotatable bonds is 2. The van der Waals surface area contributed by atoms with Crippen molar-refractivity contribution < 1.29 is 5.11 Å². The Hall–Kier alpha value is -1.84. The number of anilines is 1. The van der Waals surface area contributed by atoms with Crippen LogP contribution in [0.3, 0.4) is 0 Å². The minimum Gasteiger partial charge on any atom is -0.391 e. The van der Waals surface area contributed by atoms with Crippen molar-refractivity contribution in [3.8, 4) is 17.3 Å². The van der Waals surface area contributed by atoms with Crippen molar-refractivity contribution >= 4 is 21.7 Å². The Morgan fingerprint density at radius 1 is 1.33 bits per heavy atom. The maximum Gasteiger partial charge on any atom is 0.140 e. The van der Waals surface area contributed by atoms with Crippen molar-refractivity contribution in [2.45, 2.75) is 31.4 Å². The molecule has 108 valence electrons. The number of nitrogen functional groups attached to an aromatic ring is 1. The number of halogens is 1. The molecule has 1 aliphatic carbocycles. The van der Waals surface area contributed by atoms with Crippen LogP contribution < -0.4 is 5.73 Å². The molecule has 0 bridgehead atoms. The van der Waals surface area contributed by atoms with E-state index in [0.717, 1.165) is 29.3 Å². The van der Waals surface area contributed by atoms with Gasteiger partial charge in [0.15, 0.2) is 0 Å². The summed E-state index contributed by atoms with van der Waals surface area (Å²) in [4.78, 5) is 0. The normalized spacial score (nSPS) is 21.4. The van der Waals surface area contributed by atoms with Crippen molar-refractivity contribution in [2.75, 3.05) is 5.73 Å². The summed E-state index contributed by atoms with van der Waals surface area (Å²) in [6, 6.07) is 9.58. The van der Waals surface area contributed by atoms with Crippen LogP contribution in [0.15, 0.2) is 28.7 Å². The zero-order chi connectivity index (χ0) is 15.0. The van der Waals surface area contributed by atoms with Crippen LogP contribution in [0.1, 0.15) is 30.9 Å². The smallest absolute Gasteiger partial charge is 0.140 e. The van der Waals surface area contributed by atoms with Gasteiger partial charge >= 0.3 is 0 Å². The Morgan fingerprint density at radius 3 is 2.62 bits per heavy atom. The topological polar surface area (TPSA) is 87.9 Å². The maximum absolute atomic E-state index is 10.0. The lowest BCUT2D eigenvalue weighted by Gasteiger charge is -2.16. The molecular weight excluding hydrogens is 332 g/mol. The third-order valence-electron chi connectivity index (χ3n) is 3.94. The second-order valence-corrected chi connectivity index (χ2v) is 6.15. The van der Waals surface area contributed by atoms with Crippen molar-refractivity contribution in [2.24, 2.45) is 0 Å². The molecule has 2 atom stereocenters. The van der Waals surface area contributed by atoms with E-state index in [1.807, 2.05) is 24.3 Å². The Labute approximate surface area is 131 Å². The minimum absolute atomic E-state index is 0.138. The molecule has 5 nitrogen and oxygen atoms in total. The largest absolute Gasteiger partial charge is 0.391 e. The zero-order valence-electron chi connectivity index (χ0n) is 11.3. The molecule has 1 saturated carbocycles. The monoisotopic (exact) mass is 346 g/mol. The van der Waals surface area contributed by atoms with Gasteiger partial charge in [-0.3, -0.25) is 0 Å². The molecule has 3 rings (SSSR count). The van der Waals surface area contributed by atoms with Gasteiger partial charge in [-0.2, -0.15) is 10.4 Å². The van der Waals surface area contributed by atoms with E-state index in [-0.39, 0.29) is 6.04 Å². The van der Waals surface area contributed by atoms with Gasteiger partial charge in [0, 0.05) is 10.0 Å². The molecule has 0 spiro atoms. The third-order valence-corrected chi connectivity index (χ3v) is 4.46. The number of aliphatic hydroxyl groups is 1. The number of benzene rings is 1. The number of aliphatic hydroxyl groups excluding tert-OH is 1. The molecule has 1 aliphatic rings. The molecule has 1 heterocycles. The molecule has 0 unspecified atom stereocenters. The van der Waals surface area contributed by atoms with Crippen LogP contribution in [0.5, 0.6) is 0 Å². The SMILES string of the molecule is N#Cc1c(-c2ccc(Br)cc2)nn([C@@H]2CCC[C@H]2O)c1N. The first-order valence-corrected chi connectivity index (χ1v) is 7.63. The highest BCUT2D eigenvalue weighted by atomic mass is 79.9. The van der Waals surface area contributed by atoms with Crippen LogP contribution in [0.25, 0.3) is 11.3 Å². The van der Waals surface area contributed by atoms with E-state index in [1.165, 1.54) is 0 Å². The molecule has 0 aliphatic heterocycles. The van der Waals surface area contributed by atoms with Gasteiger partial charge in [0.1, 0.15) is 23.1 Å². The number of nitriles is 1. The van der Waals surface area contributed by atoms with Gasteiger partial charge in [0.05, 0.1) is 12.1 Å². The van der Waals surface area contributed by atoms with E-state index in [2.05, 4.69) is 27.1 Å².